The van der Waals surface area contributed by atoms with Crippen LogP contribution >= 0.6 is 0 Å². The van der Waals surface area contributed by atoms with Gasteiger partial charge in [0.15, 0.2) is 17.3 Å². The minimum Gasteiger partial charge on any atom is -0.371 e. The number of fused-ring (bicyclic) bond motifs is 1. The zero-order chi connectivity index (χ0) is 17.4. The average molecular weight is 343 g/mol. The van der Waals surface area contributed by atoms with Crippen molar-refractivity contribution < 1.29 is 8.78 Å². The maximum Gasteiger partial charge on any atom is 0.162 e. The summed E-state index contributed by atoms with van der Waals surface area (Å²) >= 11 is 0. The molecule has 0 aliphatic carbocycles. The highest BCUT2D eigenvalue weighted by atomic mass is 19.2. The molecule has 1 aromatic heterocycles. The summed E-state index contributed by atoms with van der Waals surface area (Å²) in [5.41, 5.74) is 2.31. The fourth-order valence-electron chi connectivity index (χ4n) is 3.82. The van der Waals surface area contributed by atoms with E-state index in [-0.39, 0.29) is 0 Å². The third-order valence-electron chi connectivity index (χ3n) is 5.19. The molecule has 2 aliphatic heterocycles. The van der Waals surface area contributed by atoms with Crippen molar-refractivity contribution >= 4 is 5.69 Å². The summed E-state index contributed by atoms with van der Waals surface area (Å²) in [4.78, 5) is 4.56. The van der Waals surface area contributed by atoms with Crippen LogP contribution in [0.4, 0.5) is 14.5 Å². The topological polar surface area (TPSA) is 48.1 Å². The number of nitrogens with zero attached hydrogens (tertiary/aromatic N) is 5. The third-order valence-corrected chi connectivity index (χ3v) is 5.19. The van der Waals surface area contributed by atoms with E-state index in [1.807, 2.05) is 10.7 Å². The number of anilines is 1. The normalized spacial score (nSPS) is 18.8. The standard InChI is InChI=1S/C18H19F2N5/c19-17-2-1-15(10-18(17)20)23-5-3-14(4-6-23)24-7-8-25-16(12-24)9-13(11-21)22-25/h1-2,9-10,14H,3-8,12H2. The first-order chi connectivity index (χ1) is 12.1. The number of hydrogen-bond acceptors (Lipinski definition) is 4. The number of nitriles is 1. The molecule has 0 atom stereocenters. The van der Waals surface area contributed by atoms with Crippen LogP contribution in [-0.2, 0) is 13.1 Å². The van der Waals surface area contributed by atoms with E-state index in [0.717, 1.165) is 56.9 Å². The van der Waals surface area contributed by atoms with Gasteiger partial charge in [-0.2, -0.15) is 10.4 Å². The second-order valence-corrected chi connectivity index (χ2v) is 6.64. The van der Waals surface area contributed by atoms with Gasteiger partial charge in [-0.25, -0.2) is 8.78 Å². The Balaban J connectivity index is 1.39. The van der Waals surface area contributed by atoms with Crippen LogP contribution in [0.15, 0.2) is 24.3 Å². The van der Waals surface area contributed by atoms with E-state index in [2.05, 4.69) is 21.0 Å². The van der Waals surface area contributed by atoms with Gasteiger partial charge < -0.3 is 4.90 Å². The minimum absolute atomic E-state index is 0.468. The monoisotopic (exact) mass is 343 g/mol. The van der Waals surface area contributed by atoms with E-state index in [0.29, 0.717) is 11.7 Å². The zero-order valence-electron chi connectivity index (χ0n) is 13.8. The molecule has 0 amide bonds. The molecule has 1 saturated heterocycles. The molecular formula is C18H19F2N5. The van der Waals surface area contributed by atoms with E-state index in [1.165, 1.54) is 12.1 Å². The molecule has 0 radical (unpaired) electrons. The summed E-state index contributed by atoms with van der Waals surface area (Å²) in [6.07, 6.45) is 1.97. The Bertz CT molecular complexity index is 817. The highest BCUT2D eigenvalue weighted by Gasteiger charge is 2.28. The van der Waals surface area contributed by atoms with Crippen LogP contribution in [0.1, 0.15) is 24.2 Å². The molecule has 1 fully saturated rings. The van der Waals surface area contributed by atoms with Gasteiger partial charge in [0.1, 0.15) is 6.07 Å². The lowest BCUT2D eigenvalue weighted by Crippen LogP contribution is -2.47. The molecule has 0 spiro atoms. The lowest BCUT2D eigenvalue weighted by atomic mass is 10.0. The second-order valence-electron chi connectivity index (χ2n) is 6.64. The Morgan fingerprint density at radius 2 is 1.84 bits per heavy atom. The third kappa shape index (κ3) is 3.10. The van der Waals surface area contributed by atoms with Crippen LogP contribution < -0.4 is 4.90 Å². The highest BCUT2D eigenvalue weighted by Crippen LogP contribution is 2.26. The number of piperidine rings is 1. The van der Waals surface area contributed by atoms with Crippen LogP contribution in [0.3, 0.4) is 0 Å². The van der Waals surface area contributed by atoms with Gasteiger partial charge in [-0.15, -0.1) is 0 Å². The Kier molecular flexibility index (Phi) is 4.14. The van der Waals surface area contributed by atoms with Crippen LogP contribution in [0.5, 0.6) is 0 Å². The molecule has 0 bridgehead atoms. The van der Waals surface area contributed by atoms with Crippen LogP contribution in [0.2, 0.25) is 0 Å². The Labute approximate surface area is 145 Å². The molecule has 5 nitrogen and oxygen atoms in total. The Morgan fingerprint density at radius 3 is 2.56 bits per heavy atom. The maximum atomic E-state index is 13.4. The van der Waals surface area contributed by atoms with E-state index in [1.54, 1.807) is 6.07 Å². The van der Waals surface area contributed by atoms with Crippen molar-refractivity contribution in [2.75, 3.05) is 24.5 Å². The van der Waals surface area contributed by atoms with Gasteiger partial charge >= 0.3 is 0 Å². The molecule has 2 aliphatic rings. The number of aromatic nitrogens is 2. The first-order valence-corrected chi connectivity index (χ1v) is 8.55. The van der Waals surface area contributed by atoms with Crippen molar-refractivity contribution in [3.63, 3.8) is 0 Å². The fraction of sp³-hybridized carbons (Fsp3) is 0.444. The molecule has 3 heterocycles. The highest BCUT2D eigenvalue weighted by molar-refractivity contribution is 5.47. The van der Waals surface area contributed by atoms with Crippen LogP contribution in [0.25, 0.3) is 0 Å². The second kappa shape index (κ2) is 6.45. The summed E-state index contributed by atoms with van der Waals surface area (Å²) in [5, 5.41) is 13.3. The SMILES string of the molecule is N#Cc1cc2n(n1)CCN(C1CCN(c3ccc(F)c(F)c3)CC1)C2. The molecule has 0 N–H and O–H groups in total. The van der Waals surface area contributed by atoms with Crippen molar-refractivity contribution in [3.05, 3.63) is 47.3 Å². The van der Waals surface area contributed by atoms with Gasteiger partial charge in [0, 0.05) is 44.0 Å². The van der Waals surface area contributed by atoms with Gasteiger partial charge in [-0.05, 0) is 31.0 Å². The molecule has 130 valence electrons. The number of hydrogen-bond donors (Lipinski definition) is 0. The number of rotatable bonds is 2. The molecule has 1 aromatic carbocycles. The molecule has 0 unspecified atom stereocenters. The van der Waals surface area contributed by atoms with Gasteiger partial charge in [0.2, 0.25) is 0 Å². The Morgan fingerprint density at radius 1 is 1.04 bits per heavy atom. The number of benzene rings is 1. The number of halogens is 2. The lowest BCUT2D eigenvalue weighted by Gasteiger charge is -2.41. The minimum atomic E-state index is -0.805. The fourth-order valence-corrected chi connectivity index (χ4v) is 3.82. The van der Waals surface area contributed by atoms with Crippen LogP contribution in [0, 0.1) is 23.0 Å². The van der Waals surface area contributed by atoms with Crippen LogP contribution in [-0.4, -0.2) is 40.4 Å². The summed E-state index contributed by atoms with van der Waals surface area (Å²) in [7, 11) is 0. The molecule has 4 rings (SSSR count). The summed E-state index contributed by atoms with van der Waals surface area (Å²) in [5.74, 6) is -1.60. The first-order valence-electron chi connectivity index (χ1n) is 8.55. The van der Waals surface area contributed by atoms with Crippen molar-refractivity contribution in [1.29, 1.82) is 5.26 Å². The van der Waals surface area contributed by atoms with E-state index in [4.69, 9.17) is 5.26 Å². The summed E-state index contributed by atoms with van der Waals surface area (Å²) < 4.78 is 28.4. The maximum absolute atomic E-state index is 13.4. The van der Waals surface area contributed by atoms with Gasteiger partial charge in [-0.1, -0.05) is 0 Å². The summed E-state index contributed by atoms with van der Waals surface area (Å²) in [6.45, 7) is 4.20. The first kappa shape index (κ1) is 16.0. The average Bonchev–Trinajstić information content (AvgIpc) is 3.06. The molecular weight excluding hydrogens is 324 g/mol. The van der Waals surface area contributed by atoms with E-state index in [9.17, 15) is 8.78 Å². The molecule has 0 saturated carbocycles. The predicted molar refractivity (Wildman–Crippen MR) is 88.9 cm³/mol. The van der Waals surface area contributed by atoms with Gasteiger partial charge in [0.05, 0.1) is 12.2 Å². The van der Waals surface area contributed by atoms with Gasteiger partial charge in [0.25, 0.3) is 0 Å². The summed E-state index contributed by atoms with van der Waals surface area (Å²) in [6, 6.07) is 8.54. The quantitative estimate of drug-likeness (QED) is 0.841. The predicted octanol–water partition coefficient (Wildman–Crippen LogP) is 2.52. The lowest BCUT2D eigenvalue weighted by molar-refractivity contribution is 0.129. The smallest absolute Gasteiger partial charge is 0.162 e. The van der Waals surface area contributed by atoms with E-state index >= 15 is 0 Å². The van der Waals surface area contributed by atoms with Crippen molar-refractivity contribution in [1.82, 2.24) is 14.7 Å². The van der Waals surface area contributed by atoms with E-state index < -0.39 is 11.6 Å². The van der Waals surface area contributed by atoms with Crippen molar-refractivity contribution in [2.24, 2.45) is 0 Å². The largest absolute Gasteiger partial charge is 0.371 e. The molecule has 2 aromatic rings. The van der Waals surface area contributed by atoms with Crippen molar-refractivity contribution in [2.45, 2.75) is 32.0 Å². The molecule has 7 heteroatoms. The van der Waals surface area contributed by atoms with Gasteiger partial charge in [-0.3, -0.25) is 9.58 Å². The van der Waals surface area contributed by atoms with Crippen molar-refractivity contribution in [3.8, 4) is 6.07 Å². The molecule has 25 heavy (non-hydrogen) atoms. The zero-order valence-corrected chi connectivity index (χ0v) is 13.8. The Hall–Kier alpha value is -2.46.